The minimum Gasteiger partial charge on any atom is -0.458 e. The van der Waals surface area contributed by atoms with E-state index in [4.69, 9.17) is 9.47 Å². The third kappa shape index (κ3) is 1.53. The van der Waals surface area contributed by atoms with Gasteiger partial charge in [-0.2, -0.15) is 0 Å². The summed E-state index contributed by atoms with van der Waals surface area (Å²) in [4.78, 5) is 11.1. The highest BCUT2D eigenvalue weighted by molar-refractivity contribution is 5.79. The highest BCUT2D eigenvalue weighted by atomic mass is 16.6. The zero-order chi connectivity index (χ0) is 8.65. The molecule has 64 valence electrons. The first-order valence-corrected chi connectivity index (χ1v) is 3.82. The van der Waals surface area contributed by atoms with Gasteiger partial charge in [-0.05, 0) is 27.7 Å². The normalized spacial score (nSPS) is 36.5. The molecule has 0 radical (unpaired) electrons. The molecule has 1 fully saturated rings. The Bertz CT molecular complexity index is 174. The third-order valence-electron chi connectivity index (χ3n) is 1.93. The Morgan fingerprint density at radius 2 is 1.82 bits per heavy atom. The Kier molecular flexibility index (Phi) is 1.92. The first kappa shape index (κ1) is 8.53. The van der Waals surface area contributed by atoms with Crippen LogP contribution in [0.3, 0.4) is 0 Å². The largest absolute Gasteiger partial charge is 0.458 e. The summed E-state index contributed by atoms with van der Waals surface area (Å²) in [5, 5.41) is 0. The van der Waals surface area contributed by atoms with Crippen LogP contribution >= 0.6 is 0 Å². The van der Waals surface area contributed by atoms with Crippen LogP contribution in [0.1, 0.15) is 27.7 Å². The quantitative estimate of drug-likeness (QED) is 0.495. The Labute approximate surface area is 66.7 Å². The minimum atomic E-state index is -0.772. The van der Waals surface area contributed by atoms with Crippen molar-refractivity contribution in [1.29, 1.82) is 0 Å². The number of cyclic esters (lactones) is 1. The molecular formula is C8H14O3. The van der Waals surface area contributed by atoms with Crippen LogP contribution in [0.25, 0.3) is 0 Å². The van der Waals surface area contributed by atoms with Crippen molar-refractivity contribution >= 4 is 5.97 Å². The van der Waals surface area contributed by atoms with Crippen molar-refractivity contribution in [1.82, 2.24) is 0 Å². The Hall–Kier alpha value is -0.570. The molecule has 0 aromatic carbocycles. The van der Waals surface area contributed by atoms with Gasteiger partial charge in [0.2, 0.25) is 0 Å². The van der Waals surface area contributed by atoms with Gasteiger partial charge >= 0.3 is 5.97 Å². The predicted molar refractivity (Wildman–Crippen MR) is 40.2 cm³/mol. The molecule has 0 unspecified atom stereocenters. The van der Waals surface area contributed by atoms with E-state index in [2.05, 4.69) is 0 Å². The van der Waals surface area contributed by atoms with E-state index in [1.54, 1.807) is 13.8 Å². The number of carbonyl (C=O) groups excluding carboxylic acids is 1. The molecule has 1 saturated heterocycles. The van der Waals surface area contributed by atoms with Crippen molar-refractivity contribution in [2.75, 3.05) is 0 Å². The molecule has 3 heteroatoms. The number of rotatable bonds is 0. The van der Waals surface area contributed by atoms with Crippen molar-refractivity contribution in [3.63, 3.8) is 0 Å². The topological polar surface area (TPSA) is 35.5 Å². The summed E-state index contributed by atoms with van der Waals surface area (Å²) in [7, 11) is 0. The predicted octanol–water partition coefficient (Wildman–Crippen LogP) is 1.12. The zero-order valence-corrected chi connectivity index (χ0v) is 7.38. The second kappa shape index (κ2) is 2.48. The van der Waals surface area contributed by atoms with Gasteiger partial charge in [-0.25, -0.2) is 4.79 Å². The number of esters is 1. The molecule has 0 aromatic rings. The maximum absolute atomic E-state index is 11.1. The number of carbonyl (C=O) groups is 1. The highest BCUT2D eigenvalue weighted by Gasteiger charge is 2.40. The van der Waals surface area contributed by atoms with Gasteiger partial charge in [0.15, 0.2) is 5.60 Å². The Morgan fingerprint density at radius 3 is 2.27 bits per heavy atom. The van der Waals surface area contributed by atoms with Crippen LogP contribution in [0.5, 0.6) is 0 Å². The maximum atomic E-state index is 11.1. The van der Waals surface area contributed by atoms with Gasteiger partial charge in [0.1, 0.15) is 6.10 Å². The molecule has 0 bridgehead atoms. The summed E-state index contributed by atoms with van der Waals surface area (Å²) < 4.78 is 10.5. The molecule has 1 aliphatic heterocycles. The summed E-state index contributed by atoms with van der Waals surface area (Å²) in [6.07, 6.45) is -0.141. The van der Waals surface area contributed by atoms with E-state index < -0.39 is 5.60 Å². The van der Waals surface area contributed by atoms with Crippen LogP contribution in [0, 0.1) is 0 Å². The number of hydrogen-bond acceptors (Lipinski definition) is 3. The minimum absolute atomic E-state index is 0.0114. The van der Waals surface area contributed by atoms with Crippen molar-refractivity contribution in [3.8, 4) is 0 Å². The van der Waals surface area contributed by atoms with Crippen molar-refractivity contribution in [2.24, 2.45) is 0 Å². The smallest absolute Gasteiger partial charge is 0.338 e. The van der Waals surface area contributed by atoms with Gasteiger partial charge in [-0.3, -0.25) is 0 Å². The van der Waals surface area contributed by atoms with E-state index >= 15 is 0 Å². The van der Waals surface area contributed by atoms with Crippen molar-refractivity contribution < 1.29 is 14.3 Å². The standard InChI is InChI=1S/C8H14O3/c1-5-6(2)11-8(3,4)7(9)10-5/h5-6H,1-4H3/t5-,6-/m0/s1. The van der Waals surface area contributed by atoms with E-state index in [0.29, 0.717) is 0 Å². The van der Waals surface area contributed by atoms with Crippen molar-refractivity contribution in [2.45, 2.75) is 45.5 Å². The van der Waals surface area contributed by atoms with Gasteiger partial charge in [-0.15, -0.1) is 0 Å². The van der Waals surface area contributed by atoms with E-state index in [9.17, 15) is 4.79 Å². The van der Waals surface area contributed by atoms with E-state index in [0.717, 1.165) is 0 Å². The van der Waals surface area contributed by atoms with Crippen LogP contribution in [0.2, 0.25) is 0 Å². The van der Waals surface area contributed by atoms with E-state index in [1.165, 1.54) is 0 Å². The van der Waals surface area contributed by atoms with Crippen molar-refractivity contribution in [3.05, 3.63) is 0 Å². The van der Waals surface area contributed by atoms with Gasteiger partial charge in [0, 0.05) is 0 Å². The highest BCUT2D eigenvalue weighted by Crippen LogP contribution is 2.23. The van der Waals surface area contributed by atoms with Crippen LogP contribution in [0.4, 0.5) is 0 Å². The fraction of sp³-hybridized carbons (Fsp3) is 0.875. The SMILES string of the molecule is C[C@@H]1OC(=O)C(C)(C)O[C@H]1C. The van der Waals surface area contributed by atoms with Crippen LogP contribution in [-0.4, -0.2) is 23.8 Å². The molecule has 2 atom stereocenters. The first-order valence-electron chi connectivity index (χ1n) is 3.82. The molecular weight excluding hydrogens is 144 g/mol. The molecule has 0 aliphatic carbocycles. The lowest BCUT2D eigenvalue weighted by molar-refractivity contribution is -0.214. The monoisotopic (exact) mass is 158 g/mol. The molecule has 0 aromatic heterocycles. The Balaban J connectivity index is 2.71. The lowest BCUT2D eigenvalue weighted by Gasteiger charge is -2.36. The summed E-state index contributed by atoms with van der Waals surface area (Å²) >= 11 is 0. The molecule has 1 rings (SSSR count). The van der Waals surface area contributed by atoms with Gasteiger partial charge in [0.25, 0.3) is 0 Å². The summed E-state index contributed by atoms with van der Waals surface area (Å²) in [5.41, 5.74) is -0.772. The fourth-order valence-corrected chi connectivity index (χ4v) is 1.02. The molecule has 1 heterocycles. The second-order valence-corrected chi connectivity index (χ2v) is 3.44. The molecule has 0 saturated carbocycles. The third-order valence-corrected chi connectivity index (χ3v) is 1.93. The zero-order valence-electron chi connectivity index (χ0n) is 7.38. The summed E-state index contributed by atoms with van der Waals surface area (Å²) in [5.74, 6) is -0.275. The molecule has 11 heavy (non-hydrogen) atoms. The Morgan fingerprint density at radius 1 is 1.27 bits per heavy atom. The average molecular weight is 158 g/mol. The first-order chi connectivity index (χ1) is 4.93. The fourth-order valence-electron chi connectivity index (χ4n) is 1.02. The van der Waals surface area contributed by atoms with Crippen LogP contribution in [-0.2, 0) is 14.3 Å². The molecule has 1 aliphatic rings. The molecule has 0 amide bonds. The van der Waals surface area contributed by atoms with E-state index in [1.807, 2.05) is 13.8 Å². The average Bonchev–Trinajstić information content (AvgIpc) is 1.83. The number of ether oxygens (including phenoxy) is 2. The summed E-state index contributed by atoms with van der Waals surface area (Å²) in [6, 6.07) is 0. The lowest BCUT2D eigenvalue weighted by atomic mass is 10.1. The van der Waals surface area contributed by atoms with Crippen LogP contribution < -0.4 is 0 Å². The lowest BCUT2D eigenvalue weighted by Crippen LogP contribution is -2.50. The van der Waals surface area contributed by atoms with Gasteiger partial charge in [0.05, 0.1) is 6.10 Å². The second-order valence-electron chi connectivity index (χ2n) is 3.44. The number of hydrogen-bond donors (Lipinski definition) is 0. The van der Waals surface area contributed by atoms with Gasteiger partial charge < -0.3 is 9.47 Å². The van der Waals surface area contributed by atoms with Gasteiger partial charge in [-0.1, -0.05) is 0 Å². The molecule has 3 nitrogen and oxygen atoms in total. The molecule has 0 N–H and O–H groups in total. The summed E-state index contributed by atoms with van der Waals surface area (Å²) in [6.45, 7) is 7.17. The molecule has 0 spiro atoms. The van der Waals surface area contributed by atoms with E-state index in [-0.39, 0.29) is 18.2 Å². The van der Waals surface area contributed by atoms with Crippen LogP contribution in [0.15, 0.2) is 0 Å². The maximum Gasteiger partial charge on any atom is 0.338 e.